The van der Waals surface area contributed by atoms with Crippen molar-refractivity contribution in [3.63, 3.8) is 0 Å². The molecule has 0 rings (SSSR count). The molecule has 4 heteroatoms. The Balaban J connectivity index is 4.65. The summed E-state index contributed by atoms with van der Waals surface area (Å²) in [6.45, 7) is 0. The summed E-state index contributed by atoms with van der Waals surface area (Å²) >= 11 is 0.553. The topological polar surface area (TPSA) is 34.1 Å². The Kier molecular flexibility index (Phi) is 2.19. The van der Waals surface area contributed by atoms with Gasteiger partial charge in [-0.2, -0.15) is 0 Å². The zero-order valence-corrected chi connectivity index (χ0v) is 5.40. The van der Waals surface area contributed by atoms with Crippen molar-refractivity contribution in [2.45, 2.75) is 0 Å². The molecule has 0 heterocycles. The number of hydrogen-bond donors (Lipinski definition) is 0. The van der Waals surface area contributed by atoms with E-state index in [9.17, 15) is 0 Å². The van der Waals surface area contributed by atoms with Crippen molar-refractivity contribution in [2.75, 3.05) is 0 Å². The molecule has 0 unspecified atom stereocenters. The Bertz CT molecular complexity index is 75.4. The molecule has 0 N–H and O–H groups in total. The van der Waals surface area contributed by atoms with Crippen molar-refractivity contribution in [3.8, 4) is 0 Å². The van der Waals surface area contributed by atoms with Crippen molar-refractivity contribution in [3.05, 3.63) is 0 Å². The molecule has 4 heavy (non-hydrogen) atoms. The molecule has 0 atom stereocenters. The first-order chi connectivity index (χ1) is 1.73. The average Bonchev–Trinajstić information content (AvgIpc) is 0.811. The van der Waals surface area contributed by atoms with Crippen LogP contribution in [0.25, 0.3) is 0 Å². The average molecular weight is 183 g/mol. The fraction of sp³-hybridized carbons (Fsp3) is 0. The fourth-order valence-electron chi connectivity index (χ4n) is 0. The Morgan fingerprint density at radius 3 is 1.50 bits per heavy atom. The van der Waals surface area contributed by atoms with Gasteiger partial charge in [-0.05, 0) is 0 Å². The van der Waals surface area contributed by atoms with E-state index < -0.39 is 7.37 Å². The Morgan fingerprint density at radius 2 is 1.50 bits per heavy atom. The predicted molar refractivity (Wildman–Crippen MR) is 14.7 cm³/mol. The molecule has 0 aromatic heterocycles. The van der Waals surface area contributed by atoms with Crippen LogP contribution in [0.3, 0.4) is 0 Å². The minimum atomic E-state index is -1.77. The van der Waals surface area contributed by atoms with Gasteiger partial charge in [0.1, 0.15) is 0 Å². The van der Waals surface area contributed by atoms with Crippen LogP contribution in [-0.2, 0) is 7.37 Å². The molecule has 2 nitrogen and oxygen atoms in total. The van der Waals surface area contributed by atoms with Crippen LogP contribution in [-0.4, -0.2) is 29.0 Å². The fourth-order valence-corrected chi connectivity index (χ4v) is 0. The summed E-state index contributed by atoms with van der Waals surface area (Å²) < 4.78 is 18.1. The van der Waals surface area contributed by atoms with E-state index in [0.29, 0.717) is 20.6 Å². The van der Waals surface area contributed by atoms with E-state index in [0.717, 1.165) is 0 Å². The van der Waals surface area contributed by atoms with Gasteiger partial charge < -0.3 is 0 Å². The van der Waals surface area contributed by atoms with Crippen LogP contribution < -0.4 is 0 Å². The molecule has 0 saturated carbocycles. The van der Waals surface area contributed by atoms with Gasteiger partial charge in [-0.25, -0.2) is 0 Å². The SMILES string of the molecule is O=[S](=O)=[Sn]. The molecule has 22 valence electrons. The zero-order chi connectivity index (χ0) is 3.58. The van der Waals surface area contributed by atoms with Crippen LogP contribution in [0.4, 0.5) is 0 Å². The summed E-state index contributed by atoms with van der Waals surface area (Å²) in [5.41, 5.74) is 0. The van der Waals surface area contributed by atoms with Crippen LogP contribution in [0.2, 0.25) is 0 Å². The predicted octanol–water partition coefficient (Wildman–Crippen LogP) is -1.05. The molecule has 0 aliphatic rings. The van der Waals surface area contributed by atoms with E-state index in [1.54, 1.807) is 0 Å². The molecule has 0 aromatic rings. The minimum absolute atomic E-state index is 0.553. The van der Waals surface area contributed by atoms with Gasteiger partial charge in [0.05, 0.1) is 0 Å². The summed E-state index contributed by atoms with van der Waals surface area (Å²) in [6.07, 6.45) is 0. The first-order valence-electron chi connectivity index (χ1n) is 0.537. The third kappa shape index (κ3) is 17.9. The summed E-state index contributed by atoms with van der Waals surface area (Å²) in [5, 5.41) is 0. The van der Waals surface area contributed by atoms with Gasteiger partial charge in [0.25, 0.3) is 0 Å². The molecule has 0 aromatic carbocycles. The summed E-state index contributed by atoms with van der Waals surface area (Å²) in [6, 6.07) is 0. The molecule has 0 bridgehead atoms. The van der Waals surface area contributed by atoms with Gasteiger partial charge in [-0.3, -0.25) is 0 Å². The van der Waals surface area contributed by atoms with E-state index >= 15 is 0 Å². The van der Waals surface area contributed by atoms with Crippen LogP contribution in [0.15, 0.2) is 0 Å². The summed E-state index contributed by atoms with van der Waals surface area (Å²) in [4.78, 5) is 0. The maximum absolute atomic E-state index is 9.04. The van der Waals surface area contributed by atoms with Crippen LogP contribution in [0.1, 0.15) is 0 Å². The van der Waals surface area contributed by atoms with Gasteiger partial charge >= 0.3 is 36.4 Å². The number of hydrogen-bond acceptors (Lipinski definition) is 2. The summed E-state index contributed by atoms with van der Waals surface area (Å²) in [7, 11) is -1.77. The molecule has 0 saturated heterocycles. The maximum atomic E-state index is 9.04. The standard InChI is InChI=1S/O2S.Sn/c1-3-2;. The van der Waals surface area contributed by atoms with Crippen molar-refractivity contribution in [2.24, 2.45) is 0 Å². The van der Waals surface area contributed by atoms with E-state index in [1.165, 1.54) is 0 Å². The molecule has 0 fully saturated rings. The van der Waals surface area contributed by atoms with Gasteiger partial charge in [0.2, 0.25) is 0 Å². The van der Waals surface area contributed by atoms with Gasteiger partial charge in [-0.15, -0.1) is 0 Å². The van der Waals surface area contributed by atoms with E-state index in [-0.39, 0.29) is 0 Å². The quantitative estimate of drug-likeness (QED) is 0.449. The first-order valence-corrected chi connectivity index (χ1v) is 5.11. The molecule has 0 amide bonds. The zero-order valence-electron chi connectivity index (χ0n) is 1.72. The molecule has 0 aliphatic heterocycles. The number of rotatable bonds is 0. The van der Waals surface area contributed by atoms with Crippen LogP contribution in [0, 0.1) is 0 Å². The Labute approximate surface area is 36.6 Å². The molecular formula is O2SSn. The second-order valence-corrected chi connectivity index (χ2v) is 3.56. The van der Waals surface area contributed by atoms with Crippen LogP contribution >= 0.6 is 0 Å². The normalized spacial score (nSPS) is 6.00. The molecule has 0 aliphatic carbocycles. The van der Waals surface area contributed by atoms with Gasteiger partial charge in [-0.1, -0.05) is 0 Å². The van der Waals surface area contributed by atoms with Gasteiger partial charge in [0.15, 0.2) is 0 Å². The second-order valence-electron chi connectivity index (χ2n) is 0.235. The summed E-state index contributed by atoms with van der Waals surface area (Å²) in [5.74, 6) is 0. The van der Waals surface area contributed by atoms with E-state index in [1.807, 2.05) is 0 Å². The molecule has 0 spiro atoms. The van der Waals surface area contributed by atoms with Crippen molar-refractivity contribution in [1.29, 1.82) is 0 Å². The molecular weight excluding hydrogens is 183 g/mol. The Hall–Kier alpha value is 0.619. The van der Waals surface area contributed by atoms with E-state index in [4.69, 9.17) is 8.42 Å². The van der Waals surface area contributed by atoms with Crippen molar-refractivity contribution >= 4 is 27.9 Å². The van der Waals surface area contributed by atoms with Gasteiger partial charge in [0, 0.05) is 0 Å². The van der Waals surface area contributed by atoms with E-state index in [2.05, 4.69) is 0 Å². The van der Waals surface area contributed by atoms with Crippen LogP contribution in [0.5, 0.6) is 0 Å². The third-order valence-corrected chi connectivity index (χ3v) is 0. The Morgan fingerprint density at radius 1 is 1.50 bits per heavy atom. The monoisotopic (exact) mass is 184 g/mol. The first kappa shape index (κ1) is 4.62. The third-order valence-electron chi connectivity index (χ3n) is 0. The second kappa shape index (κ2) is 1.90. The van der Waals surface area contributed by atoms with Crippen molar-refractivity contribution < 1.29 is 8.42 Å². The van der Waals surface area contributed by atoms with Crippen molar-refractivity contribution in [1.82, 2.24) is 0 Å². The molecule has 2 radical (unpaired) electrons.